The maximum absolute atomic E-state index is 11.9. The van der Waals surface area contributed by atoms with E-state index in [1.807, 2.05) is 13.8 Å². The number of hydrogen-bond donors (Lipinski definition) is 4. The minimum atomic E-state index is -0.655. The number of H-pyrrole nitrogens is 1. The summed E-state index contributed by atoms with van der Waals surface area (Å²) in [6.07, 6.45) is 0. The largest absolute Gasteiger partial charge is 0.346 e. The predicted molar refractivity (Wildman–Crippen MR) is 106 cm³/mol. The highest BCUT2D eigenvalue weighted by molar-refractivity contribution is 6.35. The molecule has 0 saturated heterocycles. The van der Waals surface area contributed by atoms with Gasteiger partial charge in [-0.15, -0.1) is 12.4 Å². The van der Waals surface area contributed by atoms with Gasteiger partial charge in [-0.05, 0) is 24.1 Å². The topological polar surface area (TPSA) is 113 Å². The van der Waals surface area contributed by atoms with Crippen molar-refractivity contribution < 1.29 is 9.59 Å². The number of anilines is 1. The Balaban J connectivity index is 0.00000338. The molecule has 0 unspecified atom stereocenters. The van der Waals surface area contributed by atoms with Crippen molar-refractivity contribution in [3.63, 3.8) is 0 Å². The van der Waals surface area contributed by atoms with Crippen molar-refractivity contribution in [2.24, 2.45) is 11.7 Å². The zero-order chi connectivity index (χ0) is 18.6. The number of rotatable bonds is 6. The number of aromatic nitrogens is 2. The van der Waals surface area contributed by atoms with E-state index in [4.69, 9.17) is 28.9 Å². The lowest BCUT2D eigenvalue weighted by Gasteiger charge is -2.14. The molecule has 5 N–H and O–H groups in total. The van der Waals surface area contributed by atoms with Gasteiger partial charge in [0.15, 0.2) is 5.82 Å². The second-order valence-electron chi connectivity index (χ2n) is 5.86. The Hall–Kier alpha value is -1.80. The first-order valence-corrected chi connectivity index (χ1v) is 8.37. The van der Waals surface area contributed by atoms with Gasteiger partial charge in [0.25, 0.3) is 0 Å². The van der Waals surface area contributed by atoms with Crippen LogP contribution in [0.3, 0.4) is 0 Å². The molecule has 0 aliphatic rings. The van der Waals surface area contributed by atoms with Crippen LogP contribution in [0.2, 0.25) is 10.0 Å². The minimum Gasteiger partial charge on any atom is -0.346 e. The molecule has 142 valence electrons. The van der Waals surface area contributed by atoms with E-state index in [0.29, 0.717) is 21.6 Å². The summed E-state index contributed by atoms with van der Waals surface area (Å²) in [7, 11) is 0. The molecule has 0 aliphatic heterocycles. The van der Waals surface area contributed by atoms with E-state index >= 15 is 0 Å². The van der Waals surface area contributed by atoms with Gasteiger partial charge in [-0.2, -0.15) is 5.10 Å². The highest BCUT2D eigenvalue weighted by Gasteiger charge is 2.18. The number of nitrogens with zero attached hydrogens (tertiary/aromatic N) is 1. The molecular formula is C16H20Cl3N5O2. The van der Waals surface area contributed by atoms with E-state index in [1.165, 1.54) is 0 Å². The Morgan fingerprint density at radius 1 is 1.19 bits per heavy atom. The third-order valence-corrected chi connectivity index (χ3v) is 3.90. The number of amides is 2. The van der Waals surface area contributed by atoms with Crippen LogP contribution in [0, 0.1) is 5.92 Å². The van der Waals surface area contributed by atoms with Crippen LogP contribution in [0.25, 0.3) is 11.3 Å². The van der Waals surface area contributed by atoms with Gasteiger partial charge >= 0.3 is 0 Å². The van der Waals surface area contributed by atoms with Crippen LogP contribution < -0.4 is 16.4 Å². The van der Waals surface area contributed by atoms with Crippen LogP contribution in [-0.2, 0) is 9.59 Å². The van der Waals surface area contributed by atoms with Crippen LogP contribution in [0.4, 0.5) is 5.82 Å². The highest BCUT2D eigenvalue weighted by Crippen LogP contribution is 2.27. The first-order chi connectivity index (χ1) is 11.8. The minimum absolute atomic E-state index is 0. The Morgan fingerprint density at radius 3 is 2.38 bits per heavy atom. The summed E-state index contributed by atoms with van der Waals surface area (Å²) in [6, 6.07) is 6.05. The van der Waals surface area contributed by atoms with Crippen molar-refractivity contribution >= 4 is 53.2 Å². The maximum atomic E-state index is 11.9. The lowest BCUT2D eigenvalue weighted by molar-refractivity contribution is -0.125. The number of halogens is 3. The molecular weight excluding hydrogens is 401 g/mol. The Kier molecular flexibility index (Phi) is 8.36. The van der Waals surface area contributed by atoms with Gasteiger partial charge in [0.05, 0.1) is 18.3 Å². The van der Waals surface area contributed by atoms with Crippen molar-refractivity contribution in [3.05, 3.63) is 34.3 Å². The van der Waals surface area contributed by atoms with Gasteiger partial charge < -0.3 is 16.4 Å². The number of benzene rings is 1. The molecule has 10 heteroatoms. The van der Waals surface area contributed by atoms with E-state index in [9.17, 15) is 9.59 Å². The third-order valence-electron chi connectivity index (χ3n) is 3.46. The fraction of sp³-hybridized carbons (Fsp3) is 0.312. The summed E-state index contributed by atoms with van der Waals surface area (Å²) in [4.78, 5) is 23.6. The van der Waals surface area contributed by atoms with E-state index in [-0.39, 0.29) is 30.8 Å². The second kappa shape index (κ2) is 9.78. The van der Waals surface area contributed by atoms with Crippen molar-refractivity contribution in [1.29, 1.82) is 0 Å². The van der Waals surface area contributed by atoms with Crippen LogP contribution in [0.5, 0.6) is 0 Å². The molecule has 1 aromatic carbocycles. The summed E-state index contributed by atoms with van der Waals surface area (Å²) in [5.41, 5.74) is 7.09. The molecule has 0 spiro atoms. The van der Waals surface area contributed by atoms with E-state index in [2.05, 4.69) is 20.8 Å². The van der Waals surface area contributed by atoms with Crippen molar-refractivity contribution in [3.8, 4) is 11.3 Å². The van der Waals surface area contributed by atoms with Gasteiger partial charge in [0, 0.05) is 21.7 Å². The summed E-state index contributed by atoms with van der Waals surface area (Å²) in [6.45, 7) is 3.47. The van der Waals surface area contributed by atoms with Gasteiger partial charge in [0.2, 0.25) is 11.8 Å². The van der Waals surface area contributed by atoms with Crippen LogP contribution in [0.1, 0.15) is 13.8 Å². The van der Waals surface area contributed by atoms with E-state index in [1.54, 1.807) is 24.3 Å². The average molecular weight is 421 g/mol. The van der Waals surface area contributed by atoms with Crippen molar-refractivity contribution in [2.75, 3.05) is 11.9 Å². The van der Waals surface area contributed by atoms with Gasteiger partial charge in [0.1, 0.15) is 0 Å². The molecule has 1 atom stereocenters. The molecule has 1 aromatic heterocycles. The molecule has 1 heterocycles. The molecule has 7 nitrogen and oxygen atoms in total. The van der Waals surface area contributed by atoms with Gasteiger partial charge in [-0.25, -0.2) is 0 Å². The molecule has 2 aromatic rings. The summed E-state index contributed by atoms with van der Waals surface area (Å²) >= 11 is 11.9. The molecule has 0 saturated carbocycles. The van der Waals surface area contributed by atoms with E-state index in [0.717, 1.165) is 5.56 Å². The predicted octanol–water partition coefficient (Wildman–Crippen LogP) is 2.84. The van der Waals surface area contributed by atoms with Crippen LogP contribution in [0.15, 0.2) is 24.3 Å². The third kappa shape index (κ3) is 6.17. The molecule has 0 fully saturated rings. The Bertz CT molecular complexity index is 759. The lowest BCUT2D eigenvalue weighted by atomic mass is 10.1. The van der Waals surface area contributed by atoms with Crippen LogP contribution in [-0.4, -0.2) is 34.6 Å². The van der Waals surface area contributed by atoms with Gasteiger partial charge in [-0.1, -0.05) is 37.0 Å². The molecule has 0 bridgehead atoms. The Morgan fingerprint density at radius 2 is 1.81 bits per heavy atom. The number of nitrogens with one attached hydrogen (secondary N) is 3. The summed E-state index contributed by atoms with van der Waals surface area (Å²) < 4.78 is 0. The van der Waals surface area contributed by atoms with Crippen LogP contribution >= 0.6 is 35.6 Å². The first kappa shape index (κ1) is 22.2. The van der Waals surface area contributed by atoms with Gasteiger partial charge in [-0.3, -0.25) is 14.7 Å². The summed E-state index contributed by atoms with van der Waals surface area (Å²) in [5.74, 6) is -0.479. The Labute approximate surface area is 167 Å². The number of aromatic amines is 1. The standard InChI is InChI=1S/C16H19Cl2N5O2.ClH/c1-8(2)15(19)16(25)20-7-14(24)21-13-6-12(22-23-13)9-3-10(17)5-11(18)4-9;/h3-6,8,15H,7,19H2,1-2H3,(H,20,25)(H2,21,22,23,24);1H/t15-;/m0./s1. The fourth-order valence-electron chi connectivity index (χ4n) is 2.02. The van der Waals surface area contributed by atoms with Crippen molar-refractivity contribution in [2.45, 2.75) is 19.9 Å². The number of hydrogen-bond acceptors (Lipinski definition) is 4. The summed E-state index contributed by atoms with van der Waals surface area (Å²) in [5, 5.41) is 12.8. The molecule has 2 amide bonds. The molecule has 0 aliphatic carbocycles. The number of carbonyl (C=O) groups is 2. The first-order valence-electron chi connectivity index (χ1n) is 7.61. The number of nitrogens with two attached hydrogens (primary N) is 1. The number of carbonyl (C=O) groups excluding carboxylic acids is 2. The SMILES string of the molecule is CC(C)[C@H](N)C(=O)NCC(=O)Nc1cc(-c2cc(Cl)cc(Cl)c2)[nH]n1.Cl. The maximum Gasteiger partial charge on any atom is 0.244 e. The molecule has 26 heavy (non-hydrogen) atoms. The lowest BCUT2D eigenvalue weighted by Crippen LogP contribution is -2.46. The highest BCUT2D eigenvalue weighted by atomic mass is 35.5. The monoisotopic (exact) mass is 419 g/mol. The smallest absolute Gasteiger partial charge is 0.244 e. The van der Waals surface area contributed by atoms with E-state index < -0.39 is 11.9 Å². The molecule has 2 rings (SSSR count). The molecule has 0 radical (unpaired) electrons. The normalized spacial score (nSPS) is 11.6. The average Bonchev–Trinajstić information content (AvgIpc) is 2.99. The fourth-order valence-corrected chi connectivity index (χ4v) is 2.54. The second-order valence-corrected chi connectivity index (χ2v) is 6.73. The quantitative estimate of drug-likeness (QED) is 0.575. The van der Waals surface area contributed by atoms with Crippen molar-refractivity contribution in [1.82, 2.24) is 15.5 Å². The zero-order valence-corrected chi connectivity index (χ0v) is 16.5. The zero-order valence-electron chi connectivity index (χ0n) is 14.2.